The molecule has 0 aliphatic rings. The van der Waals surface area contributed by atoms with E-state index in [4.69, 9.17) is 14.2 Å². The van der Waals surface area contributed by atoms with Crippen molar-refractivity contribution in [2.75, 3.05) is 13.7 Å². The zero-order chi connectivity index (χ0) is 23.8. The Morgan fingerprint density at radius 2 is 1.29 bits per heavy atom. The molecule has 4 aromatic rings. The minimum atomic E-state index is -0.609. The summed E-state index contributed by atoms with van der Waals surface area (Å²) in [5, 5.41) is 0. The molecule has 170 valence electrons. The van der Waals surface area contributed by atoms with E-state index in [1.807, 2.05) is 72.8 Å². The van der Waals surface area contributed by atoms with Gasteiger partial charge in [-0.1, -0.05) is 84.9 Å². The van der Waals surface area contributed by atoms with E-state index in [-0.39, 0.29) is 18.0 Å². The first-order valence-electron chi connectivity index (χ1n) is 10.8. The van der Waals surface area contributed by atoms with Crippen LogP contribution in [0.5, 0.6) is 11.5 Å². The zero-order valence-corrected chi connectivity index (χ0v) is 18.8. The van der Waals surface area contributed by atoms with Gasteiger partial charge in [0.15, 0.2) is 23.9 Å². The molecule has 0 aliphatic carbocycles. The summed E-state index contributed by atoms with van der Waals surface area (Å²) in [5.74, 6) is 0.0376. The summed E-state index contributed by atoms with van der Waals surface area (Å²) in [6, 6.07) is 31.6. The summed E-state index contributed by atoms with van der Waals surface area (Å²) in [7, 11) is 1.50. The summed E-state index contributed by atoms with van der Waals surface area (Å²) in [6.07, 6.45) is 0. The van der Waals surface area contributed by atoms with Gasteiger partial charge in [-0.25, -0.2) is 4.79 Å². The van der Waals surface area contributed by atoms with Crippen LogP contribution in [0.3, 0.4) is 0 Å². The molecule has 0 aromatic heterocycles. The normalized spacial score (nSPS) is 10.4. The monoisotopic (exact) mass is 452 g/mol. The van der Waals surface area contributed by atoms with Crippen molar-refractivity contribution in [2.24, 2.45) is 0 Å². The van der Waals surface area contributed by atoms with Crippen LogP contribution in [0, 0.1) is 0 Å². The van der Waals surface area contributed by atoms with Gasteiger partial charge in [0, 0.05) is 5.56 Å². The number of benzene rings is 4. The Balaban J connectivity index is 1.35. The van der Waals surface area contributed by atoms with Crippen LogP contribution in [-0.2, 0) is 11.3 Å². The Morgan fingerprint density at radius 3 is 1.97 bits per heavy atom. The summed E-state index contributed by atoms with van der Waals surface area (Å²) in [6.45, 7) is 0.0245. The molecule has 4 rings (SSSR count). The second kappa shape index (κ2) is 11.0. The highest BCUT2D eigenvalue weighted by Crippen LogP contribution is 2.29. The first-order valence-corrected chi connectivity index (χ1v) is 10.8. The second-order valence-electron chi connectivity index (χ2n) is 7.58. The molecule has 0 saturated carbocycles. The molecule has 4 aromatic carbocycles. The molecule has 0 aliphatic heterocycles. The number of rotatable bonds is 9. The highest BCUT2D eigenvalue weighted by molar-refractivity contribution is 5.99. The minimum absolute atomic E-state index is 0.274. The molecule has 0 bridgehead atoms. The smallest absolute Gasteiger partial charge is 0.338 e. The lowest BCUT2D eigenvalue weighted by atomic mass is 10.0. The maximum atomic E-state index is 12.5. The number of carbonyl (C=O) groups excluding carboxylic acids is 2. The molecule has 5 nitrogen and oxygen atoms in total. The quantitative estimate of drug-likeness (QED) is 0.231. The van der Waals surface area contributed by atoms with E-state index in [9.17, 15) is 9.59 Å². The van der Waals surface area contributed by atoms with Gasteiger partial charge in [0.2, 0.25) is 0 Å². The highest BCUT2D eigenvalue weighted by Gasteiger charge is 2.15. The molecule has 34 heavy (non-hydrogen) atoms. The van der Waals surface area contributed by atoms with Crippen molar-refractivity contribution in [3.05, 3.63) is 120 Å². The highest BCUT2D eigenvalue weighted by atomic mass is 16.5. The molecule has 0 heterocycles. The lowest BCUT2D eigenvalue weighted by Gasteiger charge is -2.12. The summed E-state index contributed by atoms with van der Waals surface area (Å²) < 4.78 is 16.4. The van der Waals surface area contributed by atoms with Gasteiger partial charge in [0.05, 0.1) is 12.7 Å². The van der Waals surface area contributed by atoms with Gasteiger partial charge in [0.25, 0.3) is 0 Å². The van der Waals surface area contributed by atoms with Crippen molar-refractivity contribution in [3.8, 4) is 22.6 Å². The molecule has 0 saturated heterocycles. The summed E-state index contributed by atoms with van der Waals surface area (Å²) in [4.78, 5) is 25.0. The van der Waals surface area contributed by atoms with Crippen LogP contribution < -0.4 is 9.47 Å². The first-order chi connectivity index (χ1) is 16.6. The van der Waals surface area contributed by atoms with Crippen LogP contribution in [0.2, 0.25) is 0 Å². The number of carbonyl (C=O) groups is 2. The van der Waals surface area contributed by atoms with Gasteiger partial charge < -0.3 is 14.2 Å². The second-order valence-corrected chi connectivity index (χ2v) is 7.58. The van der Waals surface area contributed by atoms with E-state index in [2.05, 4.69) is 0 Å². The average Bonchev–Trinajstić information content (AvgIpc) is 2.91. The zero-order valence-electron chi connectivity index (χ0n) is 18.8. The number of hydrogen-bond donors (Lipinski definition) is 0. The number of hydrogen-bond acceptors (Lipinski definition) is 5. The van der Waals surface area contributed by atoms with Gasteiger partial charge in [-0.2, -0.15) is 0 Å². The van der Waals surface area contributed by atoms with Crippen LogP contribution in [-0.4, -0.2) is 25.5 Å². The first kappa shape index (κ1) is 22.8. The predicted octanol–water partition coefficient (Wildman–Crippen LogP) is 5.98. The van der Waals surface area contributed by atoms with E-state index in [1.165, 1.54) is 7.11 Å². The van der Waals surface area contributed by atoms with Crippen LogP contribution in [0.15, 0.2) is 103 Å². The third-order valence-electron chi connectivity index (χ3n) is 5.28. The number of ketones is 1. The third kappa shape index (κ3) is 5.70. The molecule has 0 radical (unpaired) electrons. The lowest BCUT2D eigenvalue weighted by molar-refractivity contribution is 0.0474. The maximum Gasteiger partial charge on any atom is 0.338 e. The Labute approximate surface area is 198 Å². The molecule has 0 amide bonds. The molecular formula is C29H24O5. The Hall–Kier alpha value is -4.38. The van der Waals surface area contributed by atoms with Crippen molar-refractivity contribution in [1.29, 1.82) is 0 Å². The number of methoxy groups -OCH3 is 1. The van der Waals surface area contributed by atoms with E-state index in [0.29, 0.717) is 23.7 Å². The molecule has 0 N–H and O–H groups in total. The van der Waals surface area contributed by atoms with Gasteiger partial charge in [-0.15, -0.1) is 0 Å². The third-order valence-corrected chi connectivity index (χ3v) is 5.28. The van der Waals surface area contributed by atoms with Gasteiger partial charge in [0.1, 0.15) is 6.61 Å². The van der Waals surface area contributed by atoms with Crippen molar-refractivity contribution >= 4 is 11.8 Å². The molecule has 0 atom stereocenters. The van der Waals surface area contributed by atoms with E-state index >= 15 is 0 Å². The van der Waals surface area contributed by atoms with Crippen LogP contribution in [0.1, 0.15) is 26.3 Å². The molecular weight excluding hydrogens is 428 g/mol. The fourth-order valence-corrected chi connectivity index (χ4v) is 3.43. The lowest BCUT2D eigenvalue weighted by Crippen LogP contribution is -2.14. The maximum absolute atomic E-state index is 12.5. The SMILES string of the molecule is COc1cc(C(=O)OCC(=O)c2ccc(-c3ccccc3)cc2)ccc1OCc1ccccc1. The topological polar surface area (TPSA) is 61.8 Å². The van der Waals surface area contributed by atoms with Crippen LogP contribution in [0.4, 0.5) is 0 Å². The Bertz CT molecular complexity index is 1250. The predicted molar refractivity (Wildman–Crippen MR) is 130 cm³/mol. The fourth-order valence-electron chi connectivity index (χ4n) is 3.43. The van der Waals surface area contributed by atoms with Gasteiger partial charge >= 0.3 is 5.97 Å². The fraction of sp³-hybridized carbons (Fsp3) is 0.103. The molecule has 0 spiro atoms. The Morgan fingerprint density at radius 1 is 0.676 bits per heavy atom. The summed E-state index contributed by atoms with van der Waals surface area (Å²) >= 11 is 0. The molecule has 0 fully saturated rings. The number of esters is 1. The number of Topliss-reactive ketones (excluding diaryl/α,β-unsaturated/α-hetero) is 1. The van der Waals surface area contributed by atoms with Gasteiger partial charge in [-0.3, -0.25) is 4.79 Å². The van der Waals surface area contributed by atoms with E-state index in [0.717, 1.165) is 16.7 Å². The van der Waals surface area contributed by atoms with E-state index in [1.54, 1.807) is 30.3 Å². The van der Waals surface area contributed by atoms with Crippen molar-refractivity contribution in [2.45, 2.75) is 6.61 Å². The molecule has 0 unspecified atom stereocenters. The van der Waals surface area contributed by atoms with Gasteiger partial charge in [-0.05, 0) is 34.9 Å². The standard InChI is InChI=1S/C29H24O5/c1-32-28-18-25(16-17-27(28)33-19-21-8-4-2-5-9-21)29(31)34-20-26(30)24-14-12-23(13-15-24)22-10-6-3-7-11-22/h2-18H,19-20H2,1H3. The van der Waals surface area contributed by atoms with E-state index < -0.39 is 5.97 Å². The molecule has 5 heteroatoms. The largest absolute Gasteiger partial charge is 0.493 e. The van der Waals surface area contributed by atoms with Crippen molar-refractivity contribution in [3.63, 3.8) is 0 Å². The number of ether oxygens (including phenoxy) is 3. The average molecular weight is 453 g/mol. The van der Waals surface area contributed by atoms with Crippen molar-refractivity contribution < 1.29 is 23.8 Å². The van der Waals surface area contributed by atoms with Crippen LogP contribution in [0.25, 0.3) is 11.1 Å². The Kier molecular flexibility index (Phi) is 7.35. The minimum Gasteiger partial charge on any atom is -0.493 e. The summed E-state index contributed by atoms with van der Waals surface area (Å²) in [5.41, 5.74) is 3.85. The van der Waals surface area contributed by atoms with Crippen molar-refractivity contribution in [1.82, 2.24) is 0 Å². The van der Waals surface area contributed by atoms with Crippen LogP contribution >= 0.6 is 0 Å².